The summed E-state index contributed by atoms with van der Waals surface area (Å²) in [5.41, 5.74) is -0.0857. The Morgan fingerprint density at radius 2 is 2.23 bits per heavy atom. The molecule has 13 heavy (non-hydrogen) atoms. The van der Waals surface area contributed by atoms with Crippen LogP contribution in [0.4, 0.5) is 8.78 Å². The molecule has 0 aliphatic rings. The van der Waals surface area contributed by atoms with Crippen molar-refractivity contribution in [1.29, 1.82) is 0 Å². The number of rotatable bonds is 3. The highest BCUT2D eigenvalue weighted by Gasteiger charge is 2.47. The summed E-state index contributed by atoms with van der Waals surface area (Å²) in [6.45, 7) is 0. The summed E-state index contributed by atoms with van der Waals surface area (Å²) in [4.78, 5) is 10.1. The van der Waals surface area contributed by atoms with Crippen LogP contribution in [-0.2, 0) is 4.79 Å². The Morgan fingerprint density at radius 3 is 2.62 bits per heavy atom. The number of hydrogen-bond donors (Lipinski definition) is 2. The molecule has 2 N–H and O–H groups in total. The molecule has 0 aromatic carbocycles. The molecule has 0 aliphatic heterocycles. The maximum atomic E-state index is 12.7. The van der Waals surface area contributed by atoms with Crippen molar-refractivity contribution in [3.63, 3.8) is 0 Å². The Labute approximate surface area is 76.2 Å². The first-order valence-electron chi connectivity index (χ1n) is 3.27. The van der Waals surface area contributed by atoms with E-state index in [2.05, 4.69) is 0 Å². The first-order valence-corrected chi connectivity index (χ1v) is 4.22. The number of carboxylic acid groups (broad SMARTS) is 1. The van der Waals surface area contributed by atoms with E-state index in [9.17, 15) is 13.6 Å². The van der Waals surface area contributed by atoms with Crippen molar-refractivity contribution >= 4 is 17.3 Å². The molecule has 0 radical (unpaired) electrons. The fourth-order valence-corrected chi connectivity index (χ4v) is 1.44. The maximum absolute atomic E-state index is 12.7. The van der Waals surface area contributed by atoms with Crippen molar-refractivity contribution in [2.75, 3.05) is 0 Å². The molecule has 1 unspecified atom stereocenters. The highest BCUT2D eigenvalue weighted by molar-refractivity contribution is 7.07. The lowest BCUT2D eigenvalue weighted by atomic mass is 10.1. The zero-order valence-electron chi connectivity index (χ0n) is 6.28. The minimum atomic E-state index is -4.14. The van der Waals surface area contributed by atoms with Gasteiger partial charge in [-0.2, -0.15) is 20.1 Å². The fraction of sp³-hybridized carbons (Fsp3) is 0.286. The Kier molecular flexibility index (Phi) is 2.63. The van der Waals surface area contributed by atoms with E-state index in [0.717, 1.165) is 11.3 Å². The quantitative estimate of drug-likeness (QED) is 0.791. The minimum absolute atomic E-state index is 0.0857. The lowest BCUT2D eigenvalue weighted by molar-refractivity contribution is -0.182. The highest BCUT2D eigenvalue weighted by atomic mass is 32.1. The molecule has 0 fully saturated rings. The van der Waals surface area contributed by atoms with Gasteiger partial charge < -0.3 is 10.2 Å². The van der Waals surface area contributed by atoms with E-state index < -0.39 is 18.0 Å². The van der Waals surface area contributed by atoms with Crippen molar-refractivity contribution in [2.24, 2.45) is 0 Å². The average Bonchev–Trinajstić information content (AvgIpc) is 2.54. The van der Waals surface area contributed by atoms with Gasteiger partial charge in [-0.25, -0.2) is 4.79 Å². The van der Waals surface area contributed by atoms with E-state index in [1.165, 1.54) is 16.8 Å². The molecule has 1 aromatic heterocycles. The van der Waals surface area contributed by atoms with Crippen LogP contribution in [-0.4, -0.2) is 22.1 Å². The van der Waals surface area contributed by atoms with Crippen LogP contribution in [0.1, 0.15) is 11.7 Å². The van der Waals surface area contributed by atoms with Gasteiger partial charge in [0, 0.05) is 0 Å². The Hall–Kier alpha value is -1.01. The predicted octanol–water partition coefficient (Wildman–Crippen LogP) is 1.50. The van der Waals surface area contributed by atoms with Gasteiger partial charge in [0.1, 0.15) is 0 Å². The second kappa shape index (κ2) is 3.39. The van der Waals surface area contributed by atoms with Crippen LogP contribution in [0.25, 0.3) is 0 Å². The van der Waals surface area contributed by atoms with Crippen LogP contribution in [0.3, 0.4) is 0 Å². The average molecular weight is 208 g/mol. The minimum Gasteiger partial charge on any atom is -0.477 e. The molecular formula is C7H6F2O3S. The van der Waals surface area contributed by atoms with Crippen LogP contribution in [0, 0.1) is 0 Å². The lowest BCUT2D eigenvalue weighted by Gasteiger charge is -2.16. The van der Waals surface area contributed by atoms with Crippen molar-refractivity contribution in [3.8, 4) is 0 Å². The third-order valence-corrected chi connectivity index (χ3v) is 2.19. The van der Waals surface area contributed by atoms with Gasteiger partial charge in [0.25, 0.3) is 0 Å². The van der Waals surface area contributed by atoms with Crippen LogP contribution < -0.4 is 0 Å². The fourth-order valence-electron chi connectivity index (χ4n) is 0.757. The van der Waals surface area contributed by atoms with Gasteiger partial charge in [0.05, 0.1) is 0 Å². The number of aliphatic carboxylic acids is 1. The third-order valence-electron chi connectivity index (χ3n) is 1.49. The monoisotopic (exact) mass is 208 g/mol. The summed E-state index contributed by atoms with van der Waals surface area (Å²) >= 11 is 1.11. The van der Waals surface area contributed by atoms with Gasteiger partial charge in [-0.15, -0.1) is 0 Å². The molecule has 72 valence electrons. The number of thiophene rings is 1. The Balaban J connectivity index is 2.90. The van der Waals surface area contributed by atoms with Crippen molar-refractivity contribution < 1.29 is 23.8 Å². The molecule has 1 heterocycles. The molecule has 0 saturated carbocycles. The smallest absolute Gasteiger partial charge is 0.377 e. The van der Waals surface area contributed by atoms with E-state index in [4.69, 9.17) is 10.2 Å². The molecule has 6 heteroatoms. The second-order valence-corrected chi connectivity index (χ2v) is 3.17. The summed E-state index contributed by atoms with van der Waals surface area (Å²) < 4.78 is 25.3. The first-order chi connectivity index (χ1) is 5.96. The number of aliphatic hydroxyl groups is 1. The molecule has 1 aromatic rings. The number of carboxylic acids is 1. The lowest BCUT2D eigenvalue weighted by Crippen LogP contribution is -2.35. The number of hydrogen-bond acceptors (Lipinski definition) is 3. The van der Waals surface area contributed by atoms with Crippen molar-refractivity contribution in [3.05, 3.63) is 22.4 Å². The van der Waals surface area contributed by atoms with Gasteiger partial charge in [-0.05, 0) is 22.4 Å². The predicted molar refractivity (Wildman–Crippen MR) is 41.9 cm³/mol. The van der Waals surface area contributed by atoms with E-state index in [-0.39, 0.29) is 5.56 Å². The molecule has 0 saturated heterocycles. The molecule has 0 amide bonds. The largest absolute Gasteiger partial charge is 0.477 e. The maximum Gasteiger partial charge on any atom is 0.377 e. The topological polar surface area (TPSA) is 57.5 Å². The molecule has 3 nitrogen and oxygen atoms in total. The van der Waals surface area contributed by atoms with Crippen LogP contribution >= 0.6 is 11.3 Å². The van der Waals surface area contributed by atoms with Crippen LogP contribution in [0.5, 0.6) is 0 Å². The molecule has 1 rings (SSSR count). The second-order valence-electron chi connectivity index (χ2n) is 2.39. The zero-order valence-corrected chi connectivity index (χ0v) is 7.09. The number of aliphatic hydroxyl groups excluding tert-OH is 1. The first kappa shape index (κ1) is 10.1. The number of carbonyl (C=O) groups is 1. The summed E-state index contributed by atoms with van der Waals surface area (Å²) in [5, 5.41) is 19.8. The van der Waals surface area contributed by atoms with Gasteiger partial charge in [0.15, 0.2) is 6.10 Å². The van der Waals surface area contributed by atoms with Crippen molar-refractivity contribution in [1.82, 2.24) is 0 Å². The normalized spacial score (nSPS) is 14.1. The Morgan fingerprint density at radius 1 is 1.62 bits per heavy atom. The van der Waals surface area contributed by atoms with Crippen molar-refractivity contribution in [2.45, 2.75) is 12.0 Å². The summed E-state index contributed by atoms with van der Waals surface area (Å²) in [6.07, 6.45) is -2.28. The van der Waals surface area contributed by atoms with Gasteiger partial charge in [-0.3, -0.25) is 0 Å². The molecular weight excluding hydrogens is 202 g/mol. The van der Waals surface area contributed by atoms with Crippen LogP contribution in [0.15, 0.2) is 16.8 Å². The van der Waals surface area contributed by atoms with Gasteiger partial charge in [0.2, 0.25) is 0 Å². The Bertz CT molecular complexity index is 297. The SMILES string of the molecule is O=C(O)C(F)(F)C(O)c1ccsc1. The molecule has 1 atom stereocenters. The number of halogens is 2. The summed E-state index contributed by atoms with van der Waals surface area (Å²) in [6, 6.07) is 1.26. The van der Waals surface area contributed by atoms with Gasteiger partial charge >= 0.3 is 11.9 Å². The zero-order chi connectivity index (χ0) is 10.1. The summed E-state index contributed by atoms with van der Waals surface area (Å²) in [7, 11) is 0. The van der Waals surface area contributed by atoms with E-state index in [0.29, 0.717) is 0 Å². The van der Waals surface area contributed by atoms with E-state index >= 15 is 0 Å². The van der Waals surface area contributed by atoms with Crippen LogP contribution in [0.2, 0.25) is 0 Å². The summed E-state index contributed by atoms with van der Waals surface area (Å²) in [5.74, 6) is -6.47. The third kappa shape index (κ3) is 1.84. The molecule has 0 aliphatic carbocycles. The molecule has 0 bridgehead atoms. The molecule has 0 spiro atoms. The van der Waals surface area contributed by atoms with E-state index in [1.54, 1.807) is 0 Å². The van der Waals surface area contributed by atoms with Gasteiger partial charge in [-0.1, -0.05) is 0 Å². The van der Waals surface area contributed by atoms with E-state index in [1.807, 2.05) is 0 Å². The standard InChI is InChI=1S/C7H6F2O3S/c8-7(9,6(11)12)5(10)4-1-2-13-3-4/h1-3,5,10H,(H,11,12). The number of alkyl halides is 2. The highest BCUT2D eigenvalue weighted by Crippen LogP contribution is 2.32.